The number of rotatable bonds is 5. The minimum atomic E-state index is -4.47. The Morgan fingerprint density at radius 2 is 1.56 bits per heavy atom. The van der Waals surface area contributed by atoms with Crippen LogP contribution in [0.1, 0.15) is 43.1 Å². The average molecular weight is 389 g/mol. The smallest absolute Gasteiger partial charge is 0.416 e. The van der Waals surface area contributed by atoms with Gasteiger partial charge in [0.1, 0.15) is 12.7 Å². The predicted octanol–water partition coefficient (Wildman–Crippen LogP) is 4.65. The van der Waals surface area contributed by atoms with E-state index >= 15 is 0 Å². The van der Waals surface area contributed by atoms with Crippen molar-refractivity contribution in [3.05, 3.63) is 71.3 Å². The molecule has 0 spiro atoms. The van der Waals surface area contributed by atoms with Crippen LogP contribution in [0.4, 0.5) is 13.2 Å². The first-order chi connectivity index (χ1) is 11.8. The van der Waals surface area contributed by atoms with Gasteiger partial charge in [0.15, 0.2) is 0 Å². The summed E-state index contributed by atoms with van der Waals surface area (Å²) in [4.78, 5) is 10.7. The van der Waals surface area contributed by atoms with Crippen molar-refractivity contribution >= 4 is 5.97 Å². The number of halogens is 3. The van der Waals surface area contributed by atoms with Crippen molar-refractivity contribution in [2.45, 2.75) is 32.5 Å². The van der Waals surface area contributed by atoms with Gasteiger partial charge in [0.05, 0.1) is 5.56 Å². The number of carbonyl (C=O) groups is 1. The third kappa shape index (κ3) is 9.18. The Balaban J connectivity index is 0. The van der Waals surface area contributed by atoms with Crippen molar-refractivity contribution in [3.8, 4) is 0 Å². The molecule has 0 amide bonds. The van der Waals surface area contributed by atoms with Gasteiger partial charge in [0.25, 0.3) is 0 Å². The molecule has 0 saturated carbocycles. The van der Waals surface area contributed by atoms with Crippen LogP contribution >= 0.6 is 0 Å². The van der Waals surface area contributed by atoms with Gasteiger partial charge in [-0.15, -0.1) is 0 Å². The van der Waals surface area contributed by atoms with Gasteiger partial charge in [-0.25, -0.2) is 4.79 Å². The summed E-state index contributed by atoms with van der Waals surface area (Å²) in [6, 6.07) is 13.2. The molecule has 1 atom stereocenters. The number of benzene rings is 2. The van der Waals surface area contributed by atoms with E-state index in [-0.39, 0.29) is 17.2 Å². The quantitative estimate of drug-likeness (QED) is 0.775. The van der Waals surface area contributed by atoms with Crippen LogP contribution in [-0.4, -0.2) is 23.2 Å². The molecule has 0 bridgehead atoms. The monoisotopic (exact) mass is 389 g/mol. The third-order valence-corrected chi connectivity index (χ3v) is 2.99. The lowest BCUT2D eigenvalue weighted by molar-refractivity contribution is -0.144. The second-order valence-electron chi connectivity index (χ2n) is 5.33. The van der Waals surface area contributed by atoms with Crippen molar-refractivity contribution in [1.82, 2.24) is 6.15 Å². The number of carboxylic acid groups (broad SMARTS) is 1. The van der Waals surface area contributed by atoms with E-state index in [1.165, 1.54) is 18.6 Å². The SMILES string of the molecule is CCC.N.O.O=C(O)COC(c1ccccc1)c1cccc(C(F)(F)F)c1. The predicted molar refractivity (Wildman–Crippen MR) is 97.9 cm³/mol. The van der Waals surface area contributed by atoms with E-state index in [2.05, 4.69) is 13.8 Å². The van der Waals surface area contributed by atoms with Crippen LogP contribution in [0.15, 0.2) is 54.6 Å². The Morgan fingerprint density at radius 3 is 2.04 bits per heavy atom. The standard InChI is InChI=1S/C16H13F3O3.C3H8.H3N.H2O/c17-16(18,19)13-8-4-7-12(9-13)15(22-10-14(20)21)11-5-2-1-3-6-11;1-3-2;;/h1-9,15H,10H2,(H,20,21);3H2,1-2H3;1H3;1H2. The summed E-state index contributed by atoms with van der Waals surface area (Å²) in [5.74, 6) is -1.19. The zero-order valence-electron chi connectivity index (χ0n) is 15.3. The Bertz CT molecular complexity index is 664. The third-order valence-electron chi connectivity index (χ3n) is 2.99. The van der Waals surface area contributed by atoms with Crippen LogP contribution in [0.2, 0.25) is 0 Å². The Kier molecular flexibility index (Phi) is 12.8. The van der Waals surface area contributed by atoms with Crippen LogP contribution in [0.3, 0.4) is 0 Å². The molecule has 5 nitrogen and oxygen atoms in total. The van der Waals surface area contributed by atoms with Crippen LogP contribution < -0.4 is 6.15 Å². The summed E-state index contributed by atoms with van der Waals surface area (Å²) >= 11 is 0. The first kappa shape index (κ1) is 26.8. The summed E-state index contributed by atoms with van der Waals surface area (Å²) in [5.41, 5.74) is 0.0372. The summed E-state index contributed by atoms with van der Waals surface area (Å²) < 4.78 is 43.7. The first-order valence-corrected chi connectivity index (χ1v) is 7.85. The maximum absolute atomic E-state index is 12.8. The van der Waals surface area contributed by atoms with E-state index in [1.54, 1.807) is 30.3 Å². The van der Waals surface area contributed by atoms with Crippen molar-refractivity contribution in [1.29, 1.82) is 0 Å². The van der Waals surface area contributed by atoms with Gasteiger partial charge in [0, 0.05) is 0 Å². The highest BCUT2D eigenvalue weighted by molar-refractivity contribution is 5.68. The molecule has 0 aromatic heterocycles. The zero-order chi connectivity index (χ0) is 18.9. The summed E-state index contributed by atoms with van der Waals surface area (Å²) in [7, 11) is 0. The molecule has 0 heterocycles. The number of aliphatic carboxylic acids is 1. The van der Waals surface area contributed by atoms with Gasteiger partial charge in [-0.3, -0.25) is 0 Å². The lowest BCUT2D eigenvalue weighted by atomic mass is 9.99. The molecule has 2 aromatic carbocycles. The Labute approximate surface area is 156 Å². The maximum Gasteiger partial charge on any atom is 0.416 e. The highest BCUT2D eigenvalue weighted by Crippen LogP contribution is 2.33. The number of alkyl halides is 3. The second kappa shape index (κ2) is 12.9. The van der Waals surface area contributed by atoms with Crippen molar-refractivity contribution in [2.24, 2.45) is 0 Å². The number of hydrogen-bond donors (Lipinski definition) is 2. The van der Waals surface area contributed by atoms with Crippen LogP contribution in [-0.2, 0) is 15.7 Å². The molecule has 2 aromatic rings. The summed E-state index contributed by atoms with van der Waals surface area (Å²) in [6.07, 6.45) is -4.09. The Morgan fingerprint density at radius 1 is 1.04 bits per heavy atom. The Hall–Kier alpha value is -2.42. The minimum absolute atomic E-state index is 0. The zero-order valence-corrected chi connectivity index (χ0v) is 15.3. The molecule has 6 N–H and O–H groups in total. The van der Waals surface area contributed by atoms with Crippen LogP contribution in [0.5, 0.6) is 0 Å². The number of carboxylic acids is 1. The van der Waals surface area contributed by atoms with Gasteiger partial charge in [-0.2, -0.15) is 13.2 Å². The topological polar surface area (TPSA) is 113 Å². The fraction of sp³-hybridized carbons (Fsp3) is 0.316. The van der Waals surface area contributed by atoms with Gasteiger partial charge < -0.3 is 21.5 Å². The fourth-order valence-electron chi connectivity index (χ4n) is 2.05. The lowest BCUT2D eigenvalue weighted by Gasteiger charge is -2.19. The molecule has 0 fully saturated rings. The van der Waals surface area contributed by atoms with Crippen molar-refractivity contribution < 1.29 is 33.3 Å². The summed E-state index contributed by atoms with van der Waals surface area (Å²) in [6.45, 7) is 3.65. The molecular weight excluding hydrogens is 363 g/mol. The first-order valence-electron chi connectivity index (χ1n) is 7.85. The molecule has 0 saturated heterocycles. The molecule has 1 unspecified atom stereocenters. The lowest BCUT2D eigenvalue weighted by Crippen LogP contribution is -2.14. The minimum Gasteiger partial charge on any atom is -0.480 e. The van der Waals surface area contributed by atoms with Crippen LogP contribution in [0, 0.1) is 0 Å². The van der Waals surface area contributed by atoms with Gasteiger partial charge in [-0.1, -0.05) is 62.7 Å². The van der Waals surface area contributed by atoms with E-state index < -0.39 is 30.4 Å². The van der Waals surface area contributed by atoms with E-state index in [0.717, 1.165) is 12.1 Å². The number of hydrogen-bond acceptors (Lipinski definition) is 3. The van der Waals surface area contributed by atoms with E-state index in [4.69, 9.17) is 9.84 Å². The van der Waals surface area contributed by atoms with Crippen molar-refractivity contribution in [2.75, 3.05) is 6.61 Å². The van der Waals surface area contributed by atoms with Crippen molar-refractivity contribution in [3.63, 3.8) is 0 Å². The summed E-state index contributed by atoms with van der Waals surface area (Å²) in [5, 5.41) is 8.74. The molecule has 0 radical (unpaired) electrons. The van der Waals surface area contributed by atoms with Gasteiger partial charge in [-0.05, 0) is 23.3 Å². The molecule has 8 heteroatoms. The highest BCUT2D eigenvalue weighted by atomic mass is 19.4. The van der Waals surface area contributed by atoms with E-state index in [9.17, 15) is 18.0 Å². The largest absolute Gasteiger partial charge is 0.480 e. The molecular formula is C19H26F3NO4. The molecule has 27 heavy (non-hydrogen) atoms. The normalized spacial score (nSPS) is 11.1. The van der Waals surface area contributed by atoms with Gasteiger partial charge >= 0.3 is 12.1 Å². The number of ether oxygens (including phenoxy) is 1. The molecule has 0 aliphatic heterocycles. The average Bonchev–Trinajstić information content (AvgIpc) is 2.56. The maximum atomic E-state index is 12.8. The van der Waals surface area contributed by atoms with Crippen LogP contribution in [0.25, 0.3) is 0 Å². The van der Waals surface area contributed by atoms with Gasteiger partial charge in [0.2, 0.25) is 0 Å². The van der Waals surface area contributed by atoms with E-state index in [0.29, 0.717) is 5.56 Å². The molecule has 152 valence electrons. The molecule has 0 aliphatic carbocycles. The fourth-order valence-corrected chi connectivity index (χ4v) is 2.05. The highest BCUT2D eigenvalue weighted by Gasteiger charge is 2.31. The molecule has 0 aliphatic rings. The molecule has 2 rings (SSSR count). The van der Waals surface area contributed by atoms with E-state index in [1.807, 2.05) is 0 Å². The second-order valence-corrected chi connectivity index (χ2v) is 5.33.